The van der Waals surface area contributed by atoms with Crippen LogP contribution in [0.3, 0.4) is 0 Å². The molecule has 0 saturated carbocycles. The third kappa shape index (κ3) is 1.76. The van der Waals surface area contributed by atoms with Gasteiger partial charge >= 0.3 is 0 Å². The molecule has 16 heavy (non-hydrogen) atoms. The molecule has 0 spiro atoms. The molecule has 1 aromatic heterocycles. The minimum Gasteiger partial charge on any atom is -0.388 e. The van der Waals surface area contributed by atoms with E-state index in [9.17, 15) is 13.2 Å². The van der Waals surface area contributed by atoms with Crippen molar-refractivity contribution in [2.24, 2.45) is 0 Å². The van der Waals surface area contributed by atoms with E-state index in [4.69, 9.17) is 5.11 Å². The van der Waals surface area contributed by atoms with Gasteiger partial charge in [0.05, 0.1) is 0 Å². The van der Waals surface area contributed by atoms with E-state index >= 15 is 0 Å². The summed E-state index contributed by atoms with van der Waals surface area (Å²) < 4.78 is 43.6. The van der Waals surface area contributed by atoms with Crippen molar-refractivity contribution in [1.82, 2.24) is 10.1 Å². The van der Waals surface area contributed by atoms with E-state index < -0.39 is 35.5 Å². The number of halogens is 3. The second-order valence-electron chi connectivity index (χ2n) is 2.92. The molecule has 0 atom stereocenters. The third-order valence-corrected chi connectivity index (χ3v) is 1.83. The molecule has 0 amide bonds. The number of aliphatic hydroxyl groups is 1. The Morgan fingerprint density at radius 2 is 1.81 bits per heavy atom. The van der Waals surface area contributed by atoms with Crippen LogP contribution in [0.4, 0.5) is 13.2 Å². The summed E-state index contributed by atoms with van der Waals surface area (Å²) in [6, 6.07) is 1.00. The number of hydrogen-bond acceptors (Lipinski definition) is 4. The third-order valence-electron chi connectivity index (χ3n) is 1.83. The summed E-state index contributed by atoms with van der Waals surface area (Å²) in [5.41, 5.74) is -0.617. The highest BCUT2D eigenvalue weighted by atomic mass is 19.1. The van der Waals surface area contributed by atoms with Gasteiger partial charge in [0.15, 0.2) is 5.82 Å². The van der Waals surface area contributed by atoms with E-state index in [1.165, 1.54) is 0 Å². The first kappa shape index (κ1) is 10.6. The van der Waals surface area contributed by atoms with E-state index in [2.05, 4.69) is 14.7 Å². The topological polar surface area (TPSA) is 59.2 Å². The van der Waals surface area contributed by atoms with E-state index in [1.807, 2.05) is 0 Å². The zero-order chi connectivity index (χ0) is 11.7. The second kappa shape index (κ2) is 3.93. The van der Waals surface area contributed by atoms with E-state index in [-0.39, 0.29) is 5.82 Å². The lowest BCUT2D eigenvalue weighted by Gasteiger charge is -1.99. The fourth-order valence-corrected chi connectivity index (χ4v) is 1.17. The highest BCUT2D eigenvalue weighted by Crippen LogP contribution is 2.25. The average molecular weight is 230 g/mol. The maximum atomic E-state index is 13.2. The first-order chi connectivity index (χ1) is 7.61. The van der Waals surface area contributed by atoms with Gasteiger partial charge in [-0.15, -0.1) is 0 Å². The van der Waals surface area contributed by atoms with Crippen LogP contribution >= 0.6 is 0 Å². The lowest BCUT2D eigenvalue weighted by Crippen LogP contribution is -1.93. The van der Waals surface area contributed by atoms with Crippen molar-refractivity contribution in [2.45, 2.75) is 6.61 Å². The predicted octanol–water partition coefficient (Wildman–Crippen LogP) is 1.65. The molecule has 4 nitrogen and oxygen atoms in total. The Balaban J connectivity index is 2.55. The summed E-state index contributed by atoms with van der Waals surface area (Å²) >= 11 is 0. The molecule has 84 valence electrons. The summed E-state index contributed by atoms with van der Waals surface area (Å²) in [7, 11) is 0. The minimum atomic E-state index is -1.15. The van der Waals surface area contributed by atoms with Gasteiger partial charge in [0.25, 0.3) is 5.89 Å². The van der Waals surface area contributed by atoms with Crippen LogP contribution < -0.4 is 0 Å². The SMILES string of the molecule is OCc1noc(-c2c(F)cc(F)cc2F)n1. The Labute approximate surface area is 87.3 Å². The van der Waals surface area contributed by atoms with Crippen LogP contribution in [0.25, 0.3) is 11.5 Å². The number of aromatic nitrogens is 2. The van der Waals surface area contributed by atoms with Crippen molar-refractivity contribution in [2.75, 3.05) is 0 Å². The fraction of sp³-hybridized carbons (Fsp3) is 0.111. The van der Waals surface area contributed by atoms with Crippen molar-refractivity contribution < 1.29 is 22.8 Å². The average Bonchev–Trinajstić information content (AvgIpc) is 2.64. The molecule has 7 heteroatoms. The molecule has 0 saturated heterocycles. The monoisotopic (exact) mass is 230 g/mol. The van der Waals surface area contributed by atoms with Crippen molar-refractivity contribution in [3.8, 4) is 11.5 Å². The van der Waals surface area contributed by atoms with Crippen molar-refractivity contribution >= 4 is 0 Å². The van der Waals surface area contributed by atoms with Gasteiger partial charge in [0.2, 0.25) is 0 Å². The number of hydrogen-bond donors (Lipinski definition) is 1. The van der Waals surface area contributed by atoms with Crippen LogP contribution in [0.2, 0.25) is 0 Å². The fourth-order valence-electron chi connectivity index (χ4n) is 1.17. The van der Waals surface area contributed by atoms with Crippen LogP contribution in [0.5, 0.6) is 0 Å². The van der Waals surface area contributed by atoms with Crippen LogP contribution in [-0.2, 0) is 6.61 Å². The molecule has 0 fully saturated rings. The highest BCUT2D eigenvalue weighted by Gasteiger charge is 2.19. The quantitative estimate of drug-likeness (QED) is 0.852. The lowest BCUT2D eigenvalue weighted by molar-refractivity contribution is 0.264. The summed E-state index contributed by atoms with van der Waals surface area (Å²) in [6.07, 6.45) is 0. The molecular formula is C9H5F3N2O2. The lowest BCUT2D eigenvalue weighted by atomic mass is 10.2. The van der Waals surface area contributed by atoms with Crippen molar-refractivity contribution in [1.29, 1.82) is 0 Å². The van der Waals surface area contributed by atoms with Gasteiger partial charge in [-0.25, -0.2) is 13.2 Å². The van der Waals surface area contributed by atoms with Gasteiger partial charge in [0.1, 0.15) is 29.6 Å². The van der Waals surface area contributed by atoms with Gasteiger partial charge in [-0.3, -0.25) is 0 Å². The van der Waals surface area contributed by atoms with Gasteiger partial charge < -0.3 is 9.63 Å². The van der Waals surface area contributed by atoms with Crippen LogP contribution in [-0.4, -0.2) is 15.2 Å². The maximum Gasteiger partial charge on any atom is 0.263 e. The summed E-state index contributed by atoms with van der Waals surface area (Å²) in [6.45, 7) is -0.520. The number of nitrogens with zero attached hydrogens (tertiary/aromatic N) is 2. The van der Waals surface area contributed by atoms with E-state index in [0.29, 0.717) is 12.1 Å². The van der Waals surface area contributed by atoms with Crippen molar-refractivity contribution in [3.05, 3.63) is 35.4 Å². The molecule has 1 N–H and O–H groups in total. The van der Waals surface area contributed by atoms with Gasteiger partial charge in [-0.1, -0.05) is 5.16 Å². The molecule has 1 heterocycles. The molecular weight excluding hydrogens is 225 g/mol. The summed E-state index contributed by atoms with van der Waals surface area (Å²) in [4.78, 5) is 3.52. The van der Waals surface area contributed by atoms with E-state index in [0.717, 1.165) is 0 Å². The standard InChI is InChI=1S/C9H5F3N2O2/c10-4-1-5(11)8(6(12)2-4)9-13-7(3-15)14-16-9/h1-2,15H,3H2. The first-order valence-corrected chi connectivity index (χ1v) is 4.20. The molecule has 2 rings (SSSR count). The summed E-state index contributed by atoms with van der Waals surface area (Å²) in [5.74, 6) is -3.89. The Kier molecular flexibility index (Phi) is 2.61. The van der Waals surface area contributed by atoms with Crippen LogP contribution in [0.15, 0.2) is 16.7 Å². The molecule has 0 aliphatic carbocycles. The first-order valence-electron chi connectivity index (χ1n) is 4.20. The molecule has 2 aromatic rings. The normalized spacial score (nSPS) is 10.8. The molecule has 0 aliphatic heterocycles. The Morgan fingerprint density at radius 1 is 1.19 bits per heavy atom. The highest BCUT2D eigenvalue weighted by molar-refractivity contribution is 5.54. The maximum absolute atomic E-state index is 13.2. The Hall–Kier alpha value is -1.89. The molecule has 0 radical (unpaired) electrons. The second-order valence-corrected chi connectivity index (χ2v) is 2.92. The zero-order valence-electron chi connectivity index (χ0n) is 7.75. The molecule has 1 aromatic carbocycles. The number of rotatable bonds is 2. The Morgan fingerprint density at radius 3 is 2.31 bits per heavy atom. The van der Waals surface area contributed by atoms with Crippen LogP contribution in [0, 0.1) is 17.5 Å². The molecule has 0 unspecified atom stereocenters. The van der Waals surface area contributed by atoms with Crippen LogP contribution in [0.1, 0.15) is 5.82 Å². The Bertz CT molecular complexity index is 504. The predicted molar refractivity (Wildman–Crippen MR) is 45.5 cm³/mol. The zero-order valence-corrected chi connectivity index (χ0v) is 7.75. The molecule has 0 bridgehead atoms. The number of benzene rings is 1. The largest absolute Gasteiger partial charge is 0.388 e. The number of aliphatic hydroxyl groups excluding tert-OH is 1. The smallest absolute Gasteiger partial charge is 0.263 e. The minimum absolute atomic E-state index is 0.113. The summed E-state index contributed by atoms with van der Waals surface area (Å²) in [5, 5.41) is 11.9. The van der Waals surface area contributed by atoms with Gasteiger partial charge in [0, 0.05) is 12.1 Å². The van der Waals surface area contributed by atoms with Gasteiger partial charge in [-0.05, 0) is 0 Å². The van der Waals surface area contributed by atoms with Gasteiger partial charge in [-0.2, -0.15) is 4.98 Å². The van der Waals surface area contributed by atoms with Crippen molar-refractivity contribution in [3.63, 3.8) is 0 Å². The van der Waals surface area contributed by atoms with E-state index in [1.54, 1.807) is 0 Å². The molecule has 0 aliphatic rings.